The molecule has 1 unspecified atom stereocenters. The maximum absolute atomic E-state index is 13.0. The maximum atomic E-state index is 13.0. The summed E-state index contributed by atoms with van der Waals surface area (Å²) in [6.45, 7) is 7.77. The SMILES string of the molecule is Cc1c(C(=O)N2CCC(N3CCNCC3)C2)cnn1-c1cccc(Cl)c1. The molecule has 6 nitrogen and oxygen atoms in total. The summed E-state index contributed by atoms with van der Waals surface area (Å²) in [6, 6.07) is 7.99. The minimum Gasteiger partial charge on any atom is -0.337 e. The Hall–Kier alpha value is -1.89. The smallest absolute Gasteiger partial charge is 0.257 e. The van der Waals surface area contributed by atoms with Crippen LogP contribution in [0.15, 0.2) is 30.5 Å². The Morgan fingerprint density at radius 2 is 2.08 bits per heavy atom. The second kappa shape index (κ2) is 7.39. The fraction of sp³-hybridized carbons (Fsp3) is 0.474. The normalized spacial score (nSPS) is 21.3. The van der Waals surface area contributed by atoms with E-state index < -0.39 is 0 Å². The van der Waals surface area contributed by atoms with Gasteiger partial charge in [-0.15, -0.1) is 0 Å². The Morgan fingerprint density at radius 3 is 2.85 bits per heavy atom. The number of carbonyl (C=O) groups is 1. The first-order valence-corrected chi connectivity index (χ1v) is 9.56. The highest BCUT2D eigenvalue weighted by Gasteiger charge is 2.32. The van der Waals surface area contributed by atoms with Gasteiger partial charge in [0.05, 0.1) is 23.1 Å². The summed E-state index contributed by atoms with van der Waals surface area (Å²) in [6.07, 6.45) is 2.73. The number of nitrogens with zero attached hydrogens (tertiary/aromatic N) is 4. The van der Waals surface area contributed by atoms with Crippen LogP contribution in [0.3, 0.4) is 0 Å². The Kier molecular flexibility index (Phi) is 4.98. The molecule has 7 heteroatoms. The molecule has 0 spiro atoms. The summed E-state index contributed by atoms with van der Waals surface area (Å²) in [5.41, 5.74) is 2.39. The molecule has 26 heavy (non-hydrogen) atoms. The summed E-state index contributed by atoms with van der Waals surface area (Å²) in [4.78, 5) is 17.5. The molecule has 3 heterocycles. The van der Waals surface area contributed by atoms with Crippen LogP contribution in [0.2, 0.25) is 5.02 Å². The van der Waals surface area contributed by atoms with Crippen LogP contribution in [-0.2, 0) is 0 Å². The minimum absolute atomic E-state index is 0.0772. The maximum Gasteiger partial charge on any atom is 0.257 e. The van der Waals surface area contributed by atoms with Gasteiger partial charge >= 0.3 is 0 Å². The summed E-state index contributed by atoms with van der Waals surface area (Å²) < 4.78 is 1.78. The van der Waals surface area contributed by atoms with Crippen LogP contribution in [0, 0.1) is 6.92 Å². The van der Waals surface area contributed by atoms with E-state index in [4.69, 9.17) is 11.6 Å². The van der Waals surface area contributed by atoms with Crippen molar-refractivity contribution in [1.29, 1.82) is 0 Å². The lowest BCUT2D eigenvalue weighted by atomic mass is 10.2. The Labute approximate surface area is 158 Å². The number of aromatic nitrogens is 2. The molecule has 2 fully saturated rings. The topological polar surface area (TPSA) is 53.4 Å². The van der Waals surface area contributed by atoms with E-state index in [2.05, 4.69) is 15.3 Å². The van der Waals surface area contributed by atoms with Crippen LogP contribution in [0.25, 0.3) is 5.69 Å². The van der Waals surface area contributed by atoms with Crippen molar-refractivity contribution in [3.05, 3.63) is 46.7 Å². The molecule has 2 aliphatic rings. The lowest BCUT2D eigenvalue weighted by Gasteiger charge is -2.32. The van der Waals surface area contributed by atoms with Gasteiger partial charge in [-0.05, 0) is 31.5 Å². The molecule has 1 atom stereocenters. The molecule has 0 aliphatic carbocycles. The van der Waals surface area contributed by atoms with Crippen LogP contribution >= 0.6 is 11.6 Å². The van der Waals surface area contributed by atoms with Gasteiger partial charge in [0, 0.05) is 50.3 Å². The van der Waals surface area contributed by atoms with Crippen molar-refractivity contribution in [2.24, 2.45) is 0 Å². The highest BCUT2D eigenvalue weighted by Crippen LogP contribution is 2.22. The summed E-state index contributed by atoms with van der Waals surface area (Å²) >= 11 is 6.08. The van der Waals surface area contributed by atoms with E-state index in [1.165, 1.54) is 0 Å². The van der Waals surface area contributed by atoms with Gasteiger partial charge in [0.15, 0.2) is 0 Å². The van der Waals surface area contributed by atoms with Gasteiger partial charge in [-0.1, -0.05) is 17.7 Å². The van der Waals surface area contributed by atoms with Crippen molar-refractivity contribution in [2.45, 2.75) is 19.4 Å². The van der Waals surface area contributed by atoms with Gasteiger partial charge in [0.25, 0.3) is 5.91 Å². The van der Waals surface area contributed by atoms with Crippen molar-refractivity contribution >= 4 is 17.5 Å². The molecule has 0 saturated carbocycles. The molecular weight excluding hydrogens is 350 g/mol. The highest BCUT2D eigenvalue weighted by atomic mass is 35.5. The van der Waals surface area contributed by atoms with E-state index in [0.717, 1.165) is 57.1 Å². The van der Waals surface area contributed by atoms with Crippen LogP contribution in [0.5, 0.6) is 0 Å². The van der Waals surface area contributed by atoms with E-state index in [1.54, 1.807) is 10.9 Å². The zero-order valence-corrected chi connectivity index (χ0v) is 15.7. The summed E-state index contributed by atoms with van der Waals surface area (Å²) in [5.74, 6) is 0.0772. The van der Waals surface area contributed by atoms with Crippen molar-refractivity contribution in [3.8, 4) is 5.69 Å². The number of hydrogen-bond acceptors (Lipinski definition) is 4. The van der Waals surface area contributed by atoms with Gasteiger partial charge in [0.2, 0.25) is 0 Å². The minimum atomic E-state index is 0.0772. The molecule has 2 aromatic rings. The zero-order chi connectivity index (χ0) is 18.1. The molecule has 2 saturated heterocycles. The van der Waals surface area contributed by atoms with Gasteiger partial charge in [0.1, 0.15) is 0 Å². The van der Waals surface area contributed by atoms with Crippen LogP contribution < -0.4 is 5.32 Å². The largest absolute Gasteiger partial charge is 0.337 e. The number of likely N-dealkylation sites (tertiary alicyclic amines) is 1. The molecule has 1 aromatic heterocycles. The number of rotatable bonds is 3. The van der Waals surface area contributed by atoms with Crippen molar-refractivity contribution in [1.82, 2.24) is 24.9 Å². The standard InChI is InChI=1S/C19H24ClN5O/c1-14-18(12-22-25(14)16-4-2-3-15(20)11-16)19(26)24-8-5-17(13-24)23-9-6-21-7-10-23/h2-4,11-12,17,21H,5-10,13H2,1H3. The number of nitrogens with one attached hydrogen (secondary N) is 1. The van der Waals surface area contributed by atoms with Gasteiger partial charge < -0.3 is 10.2 Å². The predicted octanol–water partition coefficient (Wildman–Crippen LogP) is 1.95. The Morgan fingerprint density at radius 1 is 1.27 bits per heavy atom. The Bertz CT molecular complexity index is 799. The van der Waals surface area contributed by atoms with Gasteiger partial charge in [-0.3, -0.25) is 9.69 Å². The first-order valence-electron chi connectivity index (χ1n) is 9.18. The molecule has 0 radical (unpaired) electrons. The third-order valence-electron chi connectivity index (χ3n) is 5.41. The van der Waals surface area contributed by atoms with Crippen LogP contribution in [0.1, 0.15) is 22.5 Å². The quantitative estimate of drug-likeness (QED) is 0.893. The van der Waals surface area contributed by atoms with Crippen molar-refractivity contribution in [3.63, 3.8) is 0 Å². The zero-order valence-electron chi connectivity index (χ0n) is 15.0. The third-order valence-corrected chi connectivity index (χ3v) is 5.65. The summed E-state index contributed by atoms with van der Waals surface area (Å²) in [7, 11) is 0. The van der Waals surface area contributed by atoms with Crippen LogP contribution in [-0.4, -0.2) is 70.8 Å². The molecular formula is C19H24ClN5O. The van der Waals surface area contributed by atoms with Crippen molar-refractivity contribution < 1.29 is 4.79 Å². The average Bonchev–Trinajstić information content (AvgIpc) is 3.29. The predicted molar refractivity (Wildman–Crippen MR) is 102 cm³/mol. The fourth-order valence-corrected chi connectivity index (χ4v) is 4.11. The second-order valence-electron chi connectivity index (χ2n) is 7.01. The average molecular weight is 374 g/mol. The number of amides is 1. The first kappa shape index (κ1) is 17.5. The lowest BCUT2D eigenvalue weighted by molar-refractivity contribution is 0.0772. The fourth-order valence-electron chi connectivity index (χ4n) is 3.93. The molecule has 1 N–H and O–H groups in total. The third kappa shape index (κ3) is 3.37. The lowest BCUT2D eigenvalue weighted by Crippen LogP contribution is -2.49. The number of benzene rings is 1. The van der Waals surface area contributed by atoms with E-state index in [0.29, 0.717) is 16.6 Å². The monoisotopic (exact) mass is 373 g/mol. The second-order valence-corrected chi connectivity index (χ2v) is 7.45. The number of carbonyl (C=O) groups excluding carboxylic acids is 1. The van der Waals surface area contributed by atoms with Crippen LogP contribution in [0.4, 0.5) is 0 Å². The van der Waals surface area contributed by atoms with Gasteiger partial charge in [-0.2, -0.15) is 5.10 Å². The highest BCUT2D eigenvalue weighted by molar-refractivity contribution is 6.30. The van der Waals surface area contributed by atoms with Gasteiger partial charge in [-0.25, -0.2) is 4.68 Å². The molecule has 1 aromatic carbocycles. The molecule has 0 bridgehead atoms. The van der Waals surface area contributed by atoms with E-state index in [-0.39, 0.29) is 5.91 Å². The Balaban J connectivity index is 1.49. The summed E-state index contributed by atoms with van der Waals surface area (Å²) in [5, 5.41) is 8.46. The number of halogens is 1. The molecule has 1 amide bonds. The molecule has 2 aliphatic heterocycles. The first-order chi connectivity index (χ1) is 12.6. The molecule has 4 rings (SSSR count). The van der Waals surface area contributed by atoms with E-state index >= 15 is 0 Å². The number of piperazine rings is 1. The van der Waals surface area contributed by atoms with Crippen molar-refractivity contribution in [2.75, 3.05) is 39.3 Å². The van der Waals surface area contributed by atoms with E-state index in [9.17, 15) is 4.79 Å². The molecule has 138 valence electrons. The van der Waals surface area contributed by atoms with E-state index in [1.807, 2.05) is 36.1 Å². The number of hydrogen-bond donors (Lipinski definition) is 1.